The van der Waals surface area contributed by atoms with Gasteiger partial charge in [0.05, 0.1) is 5.92 Å². The van der Waals surface area contributed by atoms with E-state index in [-0.39, 0.29) is 11.7 Å². The van der Waals surface area contributed by atoms with Gasteiger partial charge in [-0.1, -0.05) is 91.0 Å². The van der Waals surface area contributed by atoms with Gasteiger partial charge in [0.1, 0.15) is 0 Å². The van der Waals surface area contributed by atoms with Crippen LogP contribution in [0.15, 0.2) is 91.0 Å². The summed E-state index contributed by atoms with van der Waals surface area (Å²) < 4.78 is 0. The quantitative estimate of drug-likeness (QED) is 0.445. The second-order valence-electron chi connectivity index (χ2n) is 7.31. The van der Waals surface area contributed by atoms with E-state index in [0.29, 0.717) is 0 Å². The van der Waals surface area contributed by atoms with Gasteiger partial charge in [-0.2, -0.15) is 0 Å². The van der Waals surface area contributed by atoms with Gasteiger partial charge in [-0.05, 0) is 45.9 Å². The second kappa shape index (κ2) is 6.51. The average Bonchev–Trinajstić information content (AvgIpc) is 3.00. The van der Waals surface area contributed by atoms with Crippen LogP contribution < -0.4 is 0 Å². The lowest BCUT2D eigenvalue weighted by atomic mass is 9.87. The minimum absolute atomic E-state index is 0.0905. The lowest BCUT2D eigenvalue weighted by Gasteiger charge is -2.16. The molecule has 1 nitrogen and oxygen atoms in total. The van der Waals surface area contributed by atoms with Gasteiger partial charge in [0.25, 0.3) is 0 Å². The normalized spacial score (nSPS) is 15.4. The predicted octanol–water partition coefficient (Wildman–Crippen LogP) is 5.95. The molecule has 1 aliphatic rings. The Morgan fingerprint density at radius 1 is 0.667 bits per heavy atom. The van der Waals surface area contributed by atoms with Crippen molar-refractivity contribution in [2.75, 3.05) is 0 Å². The molecule has 0 amide bonds. The molecule has 0 fully saturated rings. The molecule has 1 aliphatic carbocycles. The minimum atomic E-state index is -0.0905. The molecule has 1 unspecified atom stereocenters. The molecule has 0 heterocycles. The highest BCUT2D eigenvalue weighted by Crippen LogP contribution is 2.42. The maximum atomic E-state index is 13.3. The molecule has 0 radical (unpaired) electrons. The van der Waals surface area contributed by atoms with Crippen molar-refractivity contribution < 1.29 is 4.79 Å². The Bertz CT molecular complexity index is 1130. The molecule has 4 aromatic rings. The first-order chi connectivity index (χ1) is 13.3. The van der Waals surface area contributed by atoms with Crippen LogP contribution in [0.5, 0.6) is 0 Å². The highest BCUT2D eigenvalue weighted by molar-refractivity contribution is 6.18. The molecule has 0 aliphatic heterocycles. The van der Waals surface area contributed by atoms with Crippen molar-refractivity contribution in [3.8, 4) is 0 Å². The van der Waals surface area contributed by atoms with E-state index in [1.807, 2.05) is 36.4 Å². The molecule has 4 aromatic carbocycles. The van der Waals surface area contributed by atoms with E-state index in [2.05, 4.69) is 54.6 Å². The molecule has 27 heavy (non-hydrogen) atoms. The van der Waals surface area contributed by atoms with Gasteiger partial charge in [-0.25, -0.2) is 0 Å². The van der Waals surface area contributed by atoms with E-state index in [4.69, 9.17) is 0 Å². The number of rotatable bonds is 4. The molecule has 0 saturated carbocycles. The molecular weight excluding hydrogens is 328 g/mol. The third-order valence-corrected chi connectivity index (χ3v) is 5.63. The summed E-state index contributed by atoms with van der Waals surface area (Å²) in [7, 11) is 0. The van der Waals surface area contributed by atoms with Crippen LogP contribution in [-0.2, 0) is 12.8 Å². The smallest absolute Gasteiger partial charge is 0.171 e. The van der Waals surface area contributed by atoms with Crippen molar-refractivity contribution in [3.63, 3.8) is 0 Å². The third-order valence-electron chi connectivity index (χ3n) is 5.63. The van der Waals surface area contributed by atoms with Crippen molar-refractivity contribution in [2.45, 2.75) is 18.8 Å². The van der Waals surface area contributed by atoms with Crippen molar-refractivity contribution >= 4 is 16.6 Å². The maximum absolute atomic E-state index is 13.3. The predicted molar refractivity (Wildman–Crippen MR) is 110 cm³/mol. The topological polar surface area (TPSA) is 17.1 Å². The van der Waals surface area contributed by atoms with Crippen LogP contribution in [0.1, 0.15) is 38.5 Å². The van der Waals surface area contributed by atoms with Crippen LogP contribution in [0.3, 0.4) is 0 Å². The molecule has 130 valence electrons. The maximum Gasteiger partial charge on any atom is 0.171 e. The van der Waals surface area contributed by atoms with Crippen LogP contribution in [0, 0.1) is 0 Å². The number of carbonyl (C=O) groups is 1. The number of hydrogen-bond donors (Lipinski definition) is 0. The minimum Gasteiger partial charge on any atom is -0.293 e. The summed E-state index contributed by atoms with van der Waals surface area (Å²) in [5.74, 6) is 0.173. The largest absolute Gasteiger partial charge is 0.293 e. The first kappa shape index (κ1) is 16.0. The summed E-state index contributed by atoms with van der Waals surface area (Å²) in [4.78, 5) is 13.3. The Labute approximate surface area is 159 Å². The zero-order chi connectivity index (χ0) is 18.2. The van der Waals surface area contributed by atoms with Gasteiger partial charge in [0.2, 0.25) is 0 Å². The molecule has 0 N–H and O–H groups in total. The van der Waals surface area contributed by atoms with Crippen molar-refractivity contribution in [3.05, 3.63) is 119 Å². The number of benzene rings is 4. The van der Waals surface area contributed by atoms with Gasteiger partial charge in [0.15, 0.2) is 5.78 Å². The van der Waals surface area contributed by atoms with E-state index in [1.54, 1.807) is 0 Å². The first-order valence-corrected chi connectivity index (χ1v) is 9.48. The number of Topliss-reactive ketones (excluding diaryl/α,β-unsaturated/α-hetero) is 1. The summed E-state index contributed by atoms with van der Waals surface area (Å²) in [6.07, 6.45) is 1.62. The number of hydrogen-bond acceptors (Lipinski definition) is 1. The Morgan fingerprint density at radius 2 is 1.37 bits per heavy atom. The van der Waals surface area contributed by atoms with Crippen molar-refractivity contribution in [2.24, 2.45) is 0 Å². The van der Waals surface area contributed by atoms with Gasteiger partial charge in [-0.3, -0.25) is 4.79 Å². The third kappa shape index (κ3) is 2.76. The molecule has 1 atom stereocenters. The van der Waals surface area contributed by atoms with Crippen LogP contribution in [0.2, 0.25) is 0 Å². The fourth-order valence-electron chi connectivity index (χ4n) is 4.39. The lowest BCUT2D eigenvalue weighted by molar-refractivity contribution is 0.0967. The average molecular weight is 348 g/mol. The molecule has 1 heteroatoms. The van der Waals surface area contributed by atoms with E-state index >= 15 is 0 Å². The highest BCUT2D eigenvalue weighted by Gasteiger charge is 2.34. The van der Waals surface area contributed by atoms with Gasteiger partial charge < -0.3 is 0 Å². The Kier molecular flexibility index (Phi) is 3.86. The summed E-state index contributed by atoms with van der Waals surface area (Å²) in [5.41, 5.74) is 5.89. The van der Waals surface area contributed by atoms with Gasteiger partial charge in [0, 0.05) is 5.56 Å². The lowest BCUT2D eigenvalue weighted by Crippen LogP contribution is -2.11. The molecule has 0 aromatic heterocycles. The summed E-state index contributed by atoms with van der Waals surface area (Å²) in [6.45, 7) is 0. The fourth-order valence-corrected chi connectivity index (χ4v) is 4.39. The molecule has 0 spiro atoms. The van der Waals surface area contributed by atoms with E-state index in [1.165, 1.54) is 27.6 Å². The SMILES string of the molecule is O=C1c2cccc3ccc(Cc4ccccc4)c(c23)C1Cc1ccccc1. The first-order valence-electron chi connectivity index (χ1n) is 9.48. The molecular formula is C26H20O. The zero-order valence-electron chi connectivity index (χ0n) is 15.1. The second-order valence-corrected chi connectivity index (χ2v) is 7.31. The zero-order valence-corrected chi connectivity index (χ0v) is 15.1. The molecule has 5 rings (SSSR count). The Balaban J connectivity index is 1.66. The summed E-state index contributed by atoms with van der Waals surface area (Å²) in [6, 6.07) is 31.4. The van der Waals surface area contributed by atoms with Gasteiger partial charge in [-0.15, -0.1) is 0 Å². The Morgan fingerprint density at radius 3 is 2.11 bits per heavy atom. The highest BCUT2D eigenvalue weighted by atomic mass is 16.1. The molecule has 0 saturated heterocycles. The van der Waals surface area contributed by atoms with Crippen LogP contribution >= 0.6 is 0 Å². The van der Waals surface area contributed by atoms with E-state index in [9.17, 15) is 4.79 Å². The van der Waals surface area contributed by atoms with Crippen LogP contribution in [0.25, 0.3) is 10.8 Å². The van der Waals surface area contributed by atoms with Crippen LogP contribution in [-0.4, -0.2) is 5.78 Å². The van der Waals surface area contributed by atoms with E-state index < -0.39 is 0 Å². The Hall–Kier alpha value is -3.19. The van der Waals surface area contributed by atoms with E-state index in [0.717, 1.165) is 23.8 Å². The fraction of sp³-hybridized carbons (Fsp3) is 0.115. The monoisotopic (exact) mass is 348 g/mol. The van der Waals surface area contributed by atoms with Crippen molar-refractivity contribution in [1.29, 1.82) is 0 Å². The number of carbonyl (C=O) groups excluding carboxylic acids is 1. The van der Waals surface area contributed by atoms with Gasteiger partial charge >= 0.3 is 0 Å². The standard InChI is InChI=1S/C26H20O/c27-26-22-13-7-12-20-14-15-21(16-18-8-3-1-4-9-18)25(24(20)22)23(26)17-19-10-5-2-6-11-19/h1-15,23H,16-17H2. The van der Waals surface area contributed by atoms with Crippen molar-refractivity contribution in [1.82, 2.24) is 0 Å². The van der Waals surface area contributed by atoms with Crippen LogP contribution in [0.4, 0.5) is 0 Å². The number of ketones is 1. The summed E-state index contributed by atoms with van der Waals surface area (Å²) in [5, 5.41) is 2.33. The summed E-state index contributed by atoms with van der Waals surface area (Å²) >= 11 is 0. The molecule has 0 bridgehead atoms.